The maximum atomic E-state index is 12.2. The van der Waals surface area contributed by atoms with Gasteiger partial charge in [-0.3, -0.25) is 4.79 Å². The summed E-state index contributed by atoms with van der Waals surface area (Å²) in [4.78, 5) is 22.8. The Balaban J connectivity index is 1.27. The topological polar surface area (TPSA) is 75.6 Å². The smallest absolute Gasteiger partial charge is 0.407 e. The molecule has 0 atom stereocenters. The number of benzene rings is 3. The van der Waals surface area contributed by atoms with Gasteiger partial charge in [0.2, 0.25) is 0 Å². The zero-order valence-electron chi connectivity index (χ0n) is 17.5. The van der Waals surface area contributed by atoms with E-state index in [1.54, 1.807) is 0 Å². The number of carboxylic acids is 1. The zero-order valence-corrected chi connectivity index (χ0v) is 17.5. The molecule has 0 fully saturated rings. The maximum Gasteiger partial charge on any atom is 0.407 e. The van der Waals surface area contributed by atoms with Crippen LogP contribution in [0.1, 0.15) is 34.6 Å². The van der Waals surface area contributed by atoms with E-state index in [2.05, 4.69) is 41.4 Å². The summed E-state index contributed by atoms with van der Waals surface area (Å²) in [7, 11) is 0. The van der Waals surface area contributed by atoms with Crippen molar-refractivity contribution in [3.8, 4) is 23.0 Å². The average molecular weight is 425 g/mol. The molecule has 5 nitrogen and oxygen atoms in total. The van der Waals surface area contributed by atoms with Crippen molar-refractivity contribution in [3.63, 3.8) is 0 Å². The number of hydrogen-bond acceptors (Lipinski definition) is 3. The van der Waals surface area contributed by atoms with Crippen LogP contribution in [0, 0.1) is 11.8 Å². The van der Waals surface area contributed by atoms with E-state index in [0.29, 0.717) is 6.42 Å². The SMILES string of the molecule is O=C(O)CCc1ccc(C#CCNC(=O)OCC2c3ccccc3-c3ccccc32)cc1. The summed E-state index contributed by atoms with van der Waals surface area (Å²) >= 11 is 0. The van der Waals surface area contributed by atoms with Crippen LogP contribution in [0.5, 0.6) is 0 Å². The first-order valence-electron chi connectivity index (χ1n) is 10.5. The number of carbonyl (C=O) groups excluding carboxylic acids is 1. The molecule has 1 aliphatic carbocycles. The van der Waals surface area contributed by atoms with Crippen molar-refractivity contribution in [1.29, 1.82) is 0 Å². The number of carbonyl (C=O) groups is 2. The van der Waals surface area contributed by atoms with Gasteiger partial charge in [-0.25, -0.2) is 4.79 Å². The lowest BCUT2D eigenvalue weighted by Crippen LogP contribution is -2.26. The highest BCUT2D eigenvalue weighted by molar-refractivity contribution is 5.79. The summed E-state index contributed by atoms with van der Waals surface area (Å²) < 4.78 is 5.49. The van der Waals surface area contributed by atoms with Crippen LogP contribution < -0.4 is 5.32 Å². The molecule has 0 unspecified atom stereocenters. The van der Waals surface area contributed by atoms with E-state index in [9.17, 15) is 9.59 Å². The molecule has 0 saturated heterocycles. The monoisotopic (exact) mass is 425 g/mol. The summed E-state index contributed by atoms with van der Waals surface area (Å²) in [6.07, 6.45) is 0.103. The maximum absolute atomic E-state index is 12.2. The lowest BCUT2D eigenvalue weighted by molar-refractivity contribution is -0.136. The van der Waals surface area contributed by atoms with Gasteiger partial charge in [-0.15, -0.1) is 0 Å². The third-order valence-electron chi connectivity index (χ3n) is 5.48. The number of nitrogens with one attached hydrogen (secondary N) is 1. The standard InChI is InChI=1S/C27H23NO4/c29-26(30)16-15-20-13-11-19(12-14-20)6-5-17-28-27(31)32-18-25-23-9-3-1-7-21(23)22-8-2-4-10-24(22)25/h1-4,7-14,25H,15-18H2,(H,28,31)(H,29,30). The Morgan fingerprint density at radius 2 is 1.53 bits per heavy atom. The van der Waals surface area contributed by atoms with Crippen LogP contribution in [-0.4, -0.2) is 30.3 Å². The molecule has 1 amide bonds. The van der Waals surface area contributed by atoms with E-state index in [1.165, 1.54) is 22.3 Å². The minimum Gasteiger partial charge on any atom is -0.481 e. The quantitative estimate of drug-likeness (QED) is 0.566. The van der Waals surface area contributed by atoms with Crippen LogP contribution in [0.4, 0.5) is 4.79 Å². The molecule has 0 aliphatic heterocycles. The molecular weight excluding hydrogens is 402 g/mol. The number of hydrogen-bond donors (Lipinski definition) is 2. The van der Waals surface area contributed by atoms with E-state index in [0.717, 1.165) is 11.1 Å². The molecule has 160 valence electrons. The number of rotatable bonds is 6. The molecule has 0 bridgehead atoms. The predicted octanol–water partition coefficient (Wildman–Crippen LogP) is 4.59. The highest BCUT2D eigenvalue weighted by Crippen LogP contribution is 2.44. The van der Waals surface area contributed by atoms with E-state index in [4.69, 9.17) is 9.84 Å². The second-order valence-electron chi connectivity index (χ2n) is 7.57. The van der Waals surface area contributed by atoms with Crippen LogP contribution in [0.2, 0.25) is 0 Å². The Bertz CT molecular complexity index is 1140. The molecule has 3 aromatic carbocycles. The minimum absolute atomic E-state index is 0.0267. The van der Waals surface area contributed by atoms with Crippen LogP contribution >= 0.6 is 0 Å². The number of alkyl carbamates (subject to hydrolysis) is 1. The first-order chi connectivity index (χ1) is 15.6. The summed E-state index contributed by atoms with van der Waals surface area (Å²) in [5, 5.41) is 11.4. The van der Waals surface area contributed by atoms with Gasteiger partial charge < -0.3 is 15.2 Å². The fraction of sp³-hybridized carbons (Fsp3) is 0.185. The number of ether oxygens (including phenoxy) is 1. The molecule has 3 aromatic rings. The Labute approximate surface area is 187 Å². The second kappa shape index (κ2) is 9.84. The van der Waals surface area contributed by atoms with Gasteiger partial charge in [-0.2, -0.15) is 0 Å². The molecule has 0 radical (unpaired) electrons. The van der Waals surface area contributed by atoms with Crippen LogP contribution in [0.3, 0.4) is 0 Å². The third kappa shape index (κ3) is 4.98. The molecule has 4 rings (SSSR count). The van der Waals surface area contributed by atoms with Crippen molar-refractivity contribution in [1.82, 2.24) is 5.32 Å². The molecule has 5 heteroatoms. The van der Waals surface area contributed by atoms with Crippen molar-refractivity contribution in [2.75, 3.05) is 13.2 Å². The summed E-state index contributed by atoms with van der Waals surface area (Å²) in [6, 6.07) is 23.8. The highest BCUT2D eigenvalue weighted by Gasteiger charge is 2.28. The van der Waals surface area contributed by atoms with Gasteiger partial charge in [0.05, 0.1) is 6.54 Å². The summed E-state index contributed by atoms with van der Waals surface area (Å²) in [6.45, 7) is 0.447. The fourth-order valence-corrected chi connectivity index (χ4v) is 3.92. The molecule has 1 aliphatic rings. The van der Waals surface area contributed by atoms with Gasteiger partial charge >= 0.3 is 12.1 Å². The van der Waals surface area contributed by atoms with Gasteiger partial charge in [-0.05, 0) is 46.4 Å². The first kappa shape index (κ1) is 21.2. The van der Waals surface area contributed by atoms with Gasteiger partial charge in [0.15, 0.2) is 0 Å². The first-order valence-corrected chi connectivity index (χ1v) is 10.5. The highest BCUT2D eigenvalue weighted by atomic mass is 16.5. The molecule has 0 aromatic heterocycles. The van der Waals surface area contributed by atoms with E-state index in [1.807, 2.05) is 48.5 Å². The molecule has 0 heterocycles. The number of carboxylic acid groups (broad SMARTS) is 1. The molecule has 2 N–H and O–H groups in total. The lowest BCUT2D eigenvalue weighted by atomic mass is 9.98. The van der Waals surface area contributed by atoms with Crippen LogP contribution in [0.25, 0.3) is 11.1 Å². The molecular formula is C27H23NO4. The number of aryl methyl sites for hydroxylation is 1. The van der Waals surface area contributed by atoms with Gasteiger partial charge in [0.25, 0.3) is 0 Å². The summed E-state index contributed by atoms with van der Waals surface area (Å²) in [5.74, 6) is 5.10. The van der Waals surface area contributed by atoms with Crippen molar-refractivity contribution >= 4 is 12.1 Å². The Morgan fingerprint density at radius 1 is 0.906 bits per heavy atom. The van der Waals surface area contributed by atoms with Crippen molar-refractivity contribution in [2.24, 2.45) is 0 Å². The van der Waals surface area contributed by atoms with Crippen LogP contribution in [-0.2, 0) is 16.0 Å². The van der Waals surface area contributed by atoms with Crippen molar-refractivity contribution < 1.29 is 19.4 Å². The lowest BCUT2D eigenvalue weighted by Gasteiger charge is -2.14. The predicted molar refractivity (Wildman–Crippen MR) is 122 cm³/mol. The summed E-state index contributed by atoms with van der Waals surface area (Å²) in [5.41, 5.74) is 6.49. The molecule has 32 heavy (non-hydrogen) atoms. The Morgan fingerprint density at radius 3 is 2.16 bits per heavy atom. The second-order valence-corrected chi connectivity index (χ2v) is 7.57. The number of amides is 1. The molecule has 0 spiro atoms. The zero-order chi connectivity index (χ0) is 22.3. The molecule has 0 saturated carbocycles. The fourth-order valence-electron chi connectivity index (χ4n) is 3.92. The Hall–Kier alpha value is -4.04. The van der Waals surface area contributed by atoms with E-state index >= 15 is 0 Å². The normalized spacial score (nSPS) is 11.6. The van der Waals surface area contributed by atoms with E-state index in [-0.39, 0.29) is 25.5 Å². The van der Waals surface area contributed by atoms with Gasteiger partial charge in [-0.1, -0.05) is 72.5 Å². The number of fused-ring (bicyclic) bond motifs is 3. The van der Waals surface area contributed by atoms with E-state index < -0.39 is 12.1 Å². The van der Waals surface area contributed by atoms with Gasteiger partial charge in [0, 0.05) is 17.9 Å². The minimum atomic E-state index is -0.812. The van der Waals surface area contributed by atoms with Gasteiger partial charge in [0.1, 0.15) is 6.61 Å². The van der Waals surface area contributed by atoms with Crippen molar-refractivity contribution in [3.05, 3.63) is 95.1 Å². The Kier molecular flexibility index (Phi) is 6.52. The third-order valence-corrected chi connectivity index (χ3v) is 5.48. The largest absolute Gasteiger partial charge is 0.481 e. The van der Waals surface area contributed by atoms with Crippen LogP contribution in [0.15, 0.2) is 72.8 Å². The number of aliphatic carboxylic acids is 1. The van der Waals surface area contributed by atoms with Crippen molar-refractivity contribution in [2.45, 2.75) is 18.8 Å². The average Bonchev–Trinajstić information content (AvgIpc) is 3.13.